The van der Waals surface area contributed by atoms with Gasteiger partial charge in [0.1, 0.15) is 0 Å². The first-order valence-corrected chi connectivity index (χ1v) is 5.06. The Kier molecular flexibility index (Phi) is 3.31. The highest BCUT2D eigenvalue weighted by Crippen LogP contribution is 2.26. The van der Waals surface area contributed by atoms with Crippen LogP contribution in [0.4, 0.5) is 0 Å². The van der Waals surface area contributed by atoms with Crippen LogP contribution in [0.2, 0.25) is 0 Å². The highest BCUT2D eigenvalue weighted by atomic mass is 16.2. The van der Waals surface area contributed by atoms with Crippen molar-refractivity contribution in [1.82, 2.24) is 5.32 Å². The lowest BCUT2D eigenvalue weighted by Gasteiger charge is -2.34. The third-order valence-electron chi connectivity index (χ3n) is 2.74. The quantitative estimate of drug-likeness (QED) is 0.684. The van der Waals surface area contributed by atoms with Crippen LogP contribution in [0.3, 0.4) is 0 Å². The lowest BCUT2D eigenvalue weighted by atomic mass is 9.81. The average Bonchev–Trinajstić information content (AvgIpc) is 2.00. The number of carbonyl (C=O) groups is 1. The smallest absolute Gasteiger partial charge is 0.237 e. The molecule has 1 aliphatic carbocycles. The molecule has 1 unspecified atom stereocenters. The second-order valence-corrected chi connectivity index (χ2v) is 4.55. The Labute approximate surface area is 80.1 Å². The van der Waals surface area contributed by atoms with Crippen LogP contribution < -0.4 is 11.1 Å². The molecule has 3 heteroatoms. The maximum Gasteiger partial charge on any atom is 0.237 e. The van der Waals surface area contributed by atoms with E-state index in [0.29, 0.717) is 6.04 Å². The average molecular weight is 184 g/mol. The predicted octanol–water partition coefficient (Wildman–Crippen LogP) is 0.884. The van der Waals surface area contributed by atoms with Gasteiger partial charge in [-0.05, 0) is 24.7 Å². The second kappa shape index (κ2) is 4.09. The lowest BCUT2D eigenvalue weighted by molar-refractivity contribution is -0.124. The Morgan fingerprint density at radius 1 is 1.46 bits per heavy atom. The molecule has 0 radical (unpaired) electrons. The summed E-state index contributed by atoms with van der Waals surface area (Å²) in [4.78, 5) is 11.5. The summed E-state index contributed by atoms with van der Waals surface area (Å²) in [5.41, 5.74) is 5.71. The minimum atomic E-state index is -0.351. The molecule has 1 amide bonds. The van der Waals surface area contributed by atoms with Gasteiger partial charge in [-0.2, -0.15) is 0 Å². The van der Waals surface area contributed by atoms with Gasteiger partial charge in [0.25, 0.3) is 0 Å². The molecule has 13 heavy (non-hydrogen) atoms. The number of rotatable bonds is 3. The van der Waals surface area contributed by atoms with Crippen LogP contribution in [0.25, 0.3) is 0 Å². The van der Waals surface area contributed by atoms with Crippen LogP contribution >= 0.6 is 0 Å². The number of nitrogens with two attached hydrogens (primary N) is 1. The molecular weight excluding hydrogens is 164 g/mol. The number of amides is 1. The fraction of sp³-hybridized carbons (Fsp3) is 0.900. The molecule has 0 aromatic rings. The third kappa shape index (κ3) is 2.69. The predicted molar refractivity (Wildman–Crippen MR) is 53.1 cm³/mol. The normalized spacial score (nSPS) is 29.6. The first kappa shape index (κ1) is 10.5. The topological polar surface area (TPSA) is 55.1 Å². The summed E-state index contributed by atoms with van der Waals surface area (Å²) >= 11 is 0. The standard InChI is InChI=1S/C10H20N2O/c1-6(2)9(11)10(13)12-8-4-7(3)5-8/h6-9H,4-5,11H2,1-3H3,(H,12,13). The van der Waals surface area contributed by atoms with Crippen LogP contribution in [0, 0.1) is 11.8 Å². The van der Waals surface area contributed by atoms with Crippen molar-refractivity contribution in [2.45, 2.75) is 45.7 Å². The Bertz CT molecular complexity index is 185. The molecule has 3 nitrogen and oxygen atoms in total. The van der Waals surface area contributed by atoms with E-state index in [1.807, 2.05) is 13.8 Å². The molecule has 0 bridgehead atoms. The maximum absolute atomic E-state index is 11.5. The van der Waals surface area contributed by atoms with E-state index in [0.717, 1.165) is 18.8 Å². The van der Waals surface area contributed by atoms with Gasteiger partial charge in [0.05, 0.1) is 6.04 Å². The SMILES string of the molecule is CC1CC(NC(=O)C(N)C(C)C)C1. The fourth-order valence-corrected chi connectivity index (χ4v) is 1.62. The zero-order chi connectivity index (χ0) is 10.0. The van der Waals surface area contributed by atoms with Crippen molar-refractivity contribution in [3.8, 4) is 0 Å². The fourth-order valence-electron chi connectivity index (χ4n) is 1.62. The van der Waals surface area contributed by atoms with Gasteiger partial charge < -0.3 is 11.1 Å². The number of nitrogens with one attached hydrogen (secondary N) is 1. The summed E-state index contributed by atoms with van der Waals surface area (Å²) in [6.07, 6.45) is 2.22. The highest BCUT2D eigenvalue weighted by Gasteiger charge is 2.28. The molecule has 0 heterocycles. The van der Waals surface area contributed by atoms with Crippen molar-refractivity contribution in [1.29, 1.82) is 0 Å². The van der Waals surface area contributed by atoms with Crippen LogP contribution in [0.1, 0.15) is 33.6 Å². The molecule has 0 aromatic carbocycles. The molecule has 76 valence electrons. The van der Waals surface area contributed by atoms with Crippen molar-refractivity contribution in [3.05, 3.63) is 0 Å². The monoisotopic (exact) mass is 184 g/mol. The van der Waals surface area contributed by atoms with Crippen molar-refractivity contribution < 1.29 is 4.79 Å². The lowest BCUT2D eigenvalue weighted by Crippen LogP contribution is -2.51. The Morgan fingerprint density at radius 2 is 2.00 bits per heavy atom. The zero-order valence-electron chi connectivity index (χ0n) is 8.71. The number of carbonyl (C=O) groups excluding carboxylic acids is 1. The van der Waals surface area contributed by atoms with Gasteiger partial charge >= 0.3 is 0 Å². The minimum Gasteiger partial charge on any atom is -0.352 e. The first-order chi connectivity index (χ1) is 6.00. The van der Waals surface area contributed by atoms with E-state index in [1.165, 1.54) is 0 Å². The summed E-state index contributed by atoms with van der Waals surface area (Å²) in [5.74, 6) is 0.991. The van der Waals surface area contributed by atoms with Gasteiger partial charge in [0, 0.05) is 6.04 Å². The second-order valence-electron chi connectivity index (χ2n) is 4.55. The number of hydrogen-bond acceptors (Lipinski definition) is 2. The highest BCUT2D eigenvalue weighted by molar-refractivity contribution is 5.82. The summed E-state index contributed by atoms with van der Waals surface area (Å²) in [6.45, 7) is 6.13. The summed E-state index contributed by atoms with van der Waals surface area (Å²) < 4.78 is 0. The van der Waals surface area contributed by atoms with E-state index in [-0.39, 0.29) is 17.9 Å². The maximum atomic E-state index is 11.5. The number of hydrogen-bond donors (Lipinski definition) is 2. The largest absolute Gasteiger partial charge is 0.352 e. The van der Waals surface area contributed by atoms with Gasteiger partial charge in [0.2, 0.25) is 5.91 Å². The van der Waals surface area contributed by atoms with Crippen LogP contribution in [0.15, 0.2) is 0 Å². The molecule has 1 saturated carbocycles. The Balaban J connectivity index is 2.25. The summed E-state index contributed by atoms with van der Waals surface area (Å²) in [5, 5.41) is 2.96. The molecular formula is C10H20N2O. The van der Waals surface area contributed by atoms with Gasteiger partial charge in [-0.3, -0.25) is 4.79 Å². The van der Waals surface area contributed by atoms with E-state index in [9.17, 15) is 4.79 Å². The molecule has 0 aliphatic heterocycles. The van der Waals surface area contributed by atoms with E-state index in [1.54, 1.807) is 0 Å². The van der Waals surface area contributed by atoms with Gasteiger partial charge in [-0.1, -0.05) is 20.8 Å². The molecule has 1 fully saturated rings. The van der Waals surface area contributed by atoms with Crippen molar-refractivity contribution >= 4 is 5.91 Å². The van der Waals surface area contributed by atoms with Crippen LogP contribution in [0.5, 0.6) is 0 Å². The van der Waals surface area contributed by atoms with Crippen molar-refractivity contribution in [2.24, 2.45) is 17.6 Å². The van der Waals surface area contributed by atoms with E-state index >= 15 is 0 Å². The minimum absolute atomic E-state index is 0.00639. The van der Waals surface area contributed by atoms with Gasteiger partial charge in [0.15, 0.2) is 0 Å². The molecule has 0 aromatic heterocycles. The first-order valence-electron chi connectivity index (χ1n) is 5.06. The van der Waals surface area contributed by atoms with E-state index in [2.05, 4.69) is 12.2 Å². The molecule has 0 saturated heterocycles. The Morgan fingerprint density at radius 3 is 2.38 bits per heavy atom. The Hall–Kier alpha value is -0.570. The van der Waals surface area contributed by atoms with Gasteiger partial charge in [-0.15, -0.1) is 0 Å². The van der Waals surface area contributed by atoms with Crippen LogP contribution in [-0.2, 0) is 4.79 Å². The van der Waals surface area contributed by atoms with E-state index < -0.39 is 0 Å². The summed E-state index contributed by atoms with van der Waals surface area (Å²) in [6, 6.07) is 0.0307. The molecule has 0 spiro atoms. The molecule has 1 atom stereocenters. The summed E-state index contributed by atoms with van der Waals surface area (Å²) in [7, 11) is 0. The van der Waals surface area contributed by atoms with E-state index in [4.69, 9.17) is 5.73 Å². The van der Waals surface area contributed by atoms with Crippen molar-refractivity contribution in [2.75, 3.05) is 0 Å². The van der Waals surface area contributed by atoms with Crippen LogP contribution in [-0.4, -0.2) is 18.0 Å². The molecule has 1 aliphatic rings. The van der Waals surface area contributed by atoms with Crippen molar-refractivity contribution in [3.63, 3.8) is 0 Å². The molecule has 1 rings (SSSR count). The zero-order valence-corrected chi connectivity index (χ0v) is 8.71. The molecule has 3 N–H and O–H groups in total. The third-order valence-corrected chi connectivity index (χ3v) is 2.74. The van der Waals surface area contributed by atoms with Gasteiger partial charge in [-0.25, -0.2) is 0 Å².